The lowest BCUT2D eigenvalue weighted by Crippen LogP contribution is -2.54. The summed E-state index contributed by atoms with van der Waals surface area (Å²) in [7, 11) is -4.41. The lowest BCUT2D eigenvalue weighted by atomic mass is 10.0. The Kier molecular flexibility index (Phi) is 11.0. The molecule has 7 nitrogen and oxygen atoms in total. The maximum atomic E-state index is 15.2. The van der Waals surface area contributed by atoms with Crippen LogP contribution in [0.3, 0.4) is 0 Å². The molecule has 0 aliphatic heterocycles. The average Bonchev–Trinajstić information content (AvgIpc) is 3.57. The Labute approximate surface area is 279 Å². The molecule has 0 heterocycles. The van der Waals surface area contributed by atoms with Gasteiger partial charge in [-0.1, -0.05) is 103 Å². The molecule has 1 fully saturated rings. The predicted octanol–water partition coefficient (Wildman–Crippen LogP) is 7.03. The van der Waals surface area contributed by atoms with Crippen molar-refractivity contribution in [2.24, 2.45) is 0 Å². The van der Waals surface area contributed by atoms with Crippen molar-refractivity contribution >= 4 is 50.7 Å². The molecule has 240 valence electrons. The van der Waals surface area contributed by atoms with E-state index in [-0.39, 0.29) is 40.5 Å². The zero-order chi connectivity index (χ0) is 32.7. The summed E-state index contributed by atoms with van der Waals surface area (Å²) in [4.78, 5) is 29.8. The van der Waals surface area contributed by atoms with Crippen LogP contribution in [0.5, 0.6) is 0 Å². The molecule has 5 rings (SSSR count). The molecule has 0 aromatic heterocycles. The molecule has 1 saturated carbocycles. The van der Waals surface area contributed by atoms with Gasteiger partial charge >= 0.3 is 0 Å². The minimum atomic E-state index is -4.41. The lowest BCUT2D eigenvalue weighted by Gasteiger charge is -2.34. The van der Waals surface area contributed by atoms with Gasteiger partial charge in [0.15, 0.2) is 0 Å². The average molecular weight is 683 g/mol. The van der Waals surface area contributed by atoms with Gasteiger partial charge in [-0.2, -0.15) is 0 Å². The van der Waals surface area contributed by atoms with E-state index in [4.69, 9.17) is 23.2 Å². The summed E-state index contributed by atoms with van der Waals surface area (Å²) in [5, 5.41) is 3.71. The van der Waals surface area contributed by atoms with Crippen LogP contribution in [0.15, 0.2) is 108 Å². The minimum absolute atomic E-state index is 0.0268. The second-order valence-electron chi connectivity index (χ2n) is 11.2. The molecule has 0 unspecified atom stereocenters. The maximum Gasteiger partial charge on any atom is 0.264 e. The number of para-hydroxylation sites is 1. The number of anilines is 1. The Morgan fingerprint density at radius 2 is 1.46 bits per heavy atom. The molecule has 4 aromatic rings. The molecule has 0 bridgehead atoms. The van der Waals surface area contributed by atoms with Gasteiger partial charge < -0.3 is 10.2 Å². The molecule has 2 amide bonds. The second kappa shape index (κ2) is 15.1. The van der Waals surface area contributed by atoms with Crippen molar-refractivity contribution < 1.29 is 22.4 Å². The number of carbonyl (C=O) groups is 2. The Morgan fingerprint density at radius 1 is 0.826 bits per heavy atom. The number of halogens is 3. The van der Waals surface area contributed by atoms with Crippen LogP contribution >= 0.6 is 23.2 Å². The number of hydrogen-bond acceptors (Lipinski definition) is 4. The van der Waals surface area contributed by atoms with E-state index in [0.717, 1.165) is 41.6 Å². The van der Waals surface area contributed by atoms with Gasteiger partial charge in [-0.15, -0.1) is 0 Å². The first-order valence-corrected chi connectivity index (χ1v) is 17.2. The van der Waals surface area contributed by atoms with Crippen LogP contribution < -0.4 is 9.62 Å². The largest absolute Gasteiger partial charge is 0.352 e. The Hall–Kier alpha value is -3.92. The number of nitrogens with zero attached hydrogens (tertiary/aromatic N) is 2. The van der Waals surface area contributed by atoms with E-state index in [0.29, 0.717) is 10.6 Å². The van der Waals surface area contributed by atoms with Gasteiger partial charge in [0.1, 0.15) is 18.4 Å². The van der Waals surface area contributed by atoms with E-state index in [1.807, 2.05) is 30.3 Å². The zero-order valence-corrected chi connectivity index (χ0v) is 27.3. The third-order valence-corrected chi connectivity index (χ3v) is 10.6. The van der Waals surface area contributed by atoms with Crippen molar-refractivity contribution in [1.29, 1.82) is 0 Å². The van der Waals surface area contributed by atoms with Crippen LogP contribution in [0.25, 0.3) is 0 Å². The number of nitrogens with one attached hydrogen (secondary N) is 1. The summed E-state index contributed by atoms with van der Waals surface area (Å²) >= 11 is 12.5. The van der Waals surface area contributed by atoms with Gasteiger partial charge in [-0.25, -0.2) is 12.8 Å². The summed E-state index contributed by atoms with van der Waals surface area (Å²) in [6.07, 6.45) is 3.82. The summed E-state index contributed by atoms with van der Waals surface area (Å²) in [6, 6.07) is 26.0. The molecule has 1 N–H and O–H groups in total. The van der Waals surface area contributed by atoms with Crippen LogP contribution in [0, 0.1) is 5.82 Å². The fourth-order valence-corrected chi connectivity index (χ4v) is 7.41. The minimum Gasteiger partial charge on any atom is -0.352 e. The van der Waals surface area contributed by atoms with Gasteiger partial charge in [0.05, 0.1) is 20.6 Å². The van der Waals surface area contributed by atoms with Gasteiger partial charge in [-0.05, 0) is 60.4 Å². The van der Waals surface area contributed by atoms with E-state index < -0.39 is 34.3 Å². The van der Waals surface area contributed by atoms with Gasteiger partial charge in [0, 0.05) is 19.0 Å². The monoisotopic (exact) mass is 681 g/mol. The van der Waals surface area contributed by atoms with Crippen molar-refractivity contribution in [2.45, 2.75) is 55.6 Å². The molecule has 1 aliphatic carbocycles. The summed E-state index contributed by atoms with van der Waals surface area (Å²) < 4.78 is 44.0. The SMILES string of the molecule is O=C(NC1CCCC1)[C@H](Cc1ccccc1)N(Cc1ccc(Cl)c(Cl)c1)C(=O)CN(c1ccccc1F)S(=O)(=O)c1ccccc1. The predicted molar refractivity (Wildman–Crippen MR) is 179 cm³/mol. The molecule has 1 aliphatic rings. The fraction of sp³-hybridized carbons (Fsp3) is 0.257. The zero-order valence-electron chi connectivity index (χ0n) is 25.0. The number of benzene rings is 4. The fourth-order valence-electron chi connectivity index (χ4n) is 5.64. The quantitative estimate of drug-likeness (QED) is 0.174. The van der Waals surface area contributed by atoms with E-state index >= 15 is 4.39 Å². The molecular formula is C35H34Cl2FN3O4S. The van der Waals surface area contributed by atoms with Crippen molar-refractivity contribution in [3.05, 3.63) is 130 Å². The Balaban J connectivity index is 1.58. The standard InChI is InChI=1S/C35H34Cl2FN3O4S/c36-29-20-19-26(21-30(29)37)23-40(33(22-25-11-3-1-4-12-25)35(43)39-27-13-7-8-14-27)34(42)24-41(32-18-10-9-17-31(32)38)46(44,45)28-15-5-2-6-16-28/h1-6,9-12,15-21,27,33H,7-8,13-14,22-24H2,(H,39,43)/t33-/m0/s1. The van der Waals surface area contributed by atoms with Crippen LogP contribution in [0.1, 0.15) is 36.8 Å². The Morgan fingerprint density at radius 3 is 2.11 bits per heavy atom. The smallest absolute Gasteiger partial charge is 0.264 e. The maximum absolute atomic E-state index is 15.2. The van der Waals surface area contributed by atoms with Gasteiger partial charge in [0.25, 0.3) is 10.0 Å². The molecule has 11 heteroatoms. The molecule has 0 spiro atoms. The number of rotatable bonds is 12. The van der Waals surface area contributed by atoms with Crippen molar-refractivity contribution in [1.82, 2.24) is 10.2 Å². The van der Waals surface area contributed by atoms with Crippen LogP contribution in [0.4, 0.5) is 10.1 Å². The highest BCUT2D eigenvalue weighted by atomic mass is 35.5. The highest BCUT2D eigenvalue weighted by molar-refractivity contribution is 7.92. The first-order chi connectivity index (χ1) is 22.1. The molecule has 46 heavy (non-hydrogen) atoms. The normalized spacial score (nSPS) is 14.1. The highest BCUT2D eigenvalue weighted by Crippen LogP contribution is 2.28. The molecule has 0 radical (unpaired) electrons. The third-order valence-electron chi connectivity index (χ3n) is 8.04. The molecule has 0 saturated heterocycles. The number of sulfonamides is 1. The topological polar surface area (TPSA) is 86.8 Å². The van der Waals surface area contributed by atoms with E-state index in [1.54, 1.807) is 36.4 Å². The van der Waals surface area contributed by atoms with E-state index in [9.17, 15) is 18.0 Å². The summed E-state index contributed by atoms with van der Waals surface area (Å²) in [6.45, 7) is -0.844. The lowest BCUT2D eigenvalue weighted by molar-refractivity contribution is -0.140. The summed E-state index contributed by atoms with van der Waals surface area (Å²) in [5.41, 5.74) is 1.10. The highest BCUT2D eigenvalue weighted by Gasteiger charge is 2.36. The van der Waals surface area contributed by atoms with E-state index in [2.05, 4.69) is 5.32 Å². The van der Waals surface area contributed by atoms with Crippen LogP contribution in [-0.2, 0) is 32.6 Å². The summed E-state index contributed by atoms with van der Waals surface area (Å²) in [5.74, 6) is -1.87. The first kappa shape index (κ1) is 33.4. The third kappa shape index (κ3) is 8.07. The van der Waals surface area contributed by atoms with Gasteiger partial charge in [0.2, 0.25) is 11.8 Å². The van der Waals surface area contributed by atoms with Crippen molar-refractivity contribution in [3.63, 3.8) is 0 Å². The first-order valence-electron chi connectivity index (χ1n) is 15.0. The van der Waals surface area contributed by atoms with Crippen molar-refractivity contribution in [2.75, 3.05) is 10.8 Å². The van der Waals surface area contributed by atoms with Gasteiger partial charge in [-0.3, -0.25) is 13.9 Å². The van der Waals surface area contributed by atoms with E-state index in [1.165, 1.54) is 35.2 Å². The molecular weight excluding hydrogens is 648 g/mol. The molecule has 1 atom stereocenters. The second-order valence-corrected chi connectivity index (χ2v) is 13.9. The number of carbonyl (C=O) groups excluding carboxylic acids is 2. The number of amides is 2. The Bertz CT molecular complexity index is 1770. The van der Waals surface area contributed by atoms with Crippen molar-refractivity contribution in [3.8, 4) is 0 Å². The number of hydrogen-bond donors (Lipinski definition) is 1. The van der Waals surface area contributed by atoms with Crippen LogP contribution in [0.2, 0.25) is 10.0 Å². The van der Waals surface area contributed by atoms with Crippen LogP contribution in [-0.4, -0.2) is 43.8 Å². The molecule has 4 aromatic carbocycles.